The van der Waals surface area contributed by atoms with Crippen LogP contribution >= 0.6 is 0 Å². The summed E-state index contributed by atoms with van der Waals surface area (Å²) in [6.45, 7) is 1.94. The van der Waals surface area contributed by atoms with Crippen LogP contribution in [0.25, 0.3) is 10.9 Å². The van der Waals surface area contributed by atoms with Gasteiger partial charge in [0.15, 0.2) is 5.82 Å². The van der Waals surface area contributed by atoms with Crippen LogP contribution in [0, 0.1) is 5.82 Å². The number of hydrogen-bond donors (Lipinski definition) is 3. The Morgan fingerprint density at radius 3 is 2.81 bits per heavy atom. The number of rotatable bonds is 9. The lowest BCUT2D eigenvalue weighted by molar-refractivity contribution is 0.411. The highest BCUT2D eigenvalue weighted by molar-refractivity contribution is 5.82. The molecule has 0 aliphatic heterocycles. The van der Waals surface area contributed by atoms with Crippen LogP contribution in [0.2, 0.25) is 0 Å². The third-order valence-corrected chi connectivity index (χ3v) is 5.58. The Morgan fingerprint density at radius 2 is 2.00 bits per heavy atom. The molecule has 0 spiro atoms. The van der Waals surface area contributed by atoms with E-state index < -0.39 is 0 Å². The number of hydrogen-bond acceptors (Lipinski definition) is 7. The lowest BCUT2D eigenvalue weighted by atomic mass is 10.1. The average Bonchev–Trinajstić information content (AvgIpc) is 3.33. The number of nitrogens with one attached hydrogen (secondary N) is 3. The number of aromatic amines is 2. The van der Waals surface area contributed by atoms with Crippen LogP contribution in [0.15, 0.2) is 36.7 Å². The molecule has 1 aliphatic rings. The molecule has 1 aliphatic carbocycles. The first kappa shape index (κ1) is 20.4. The molecule has 9 nitrogen and oxygen atoms in total. The van der Waals surface area contributed by atoms with Crippen molar-refractivity contribution in [2.45, 2.75) is 25.3 Å². The van der Waals surface area contributed by atoms with Crippen LogP contribution in [0.1, 0.15) is 30.0 Å². The zero-order valence-electron chi connectivity index (χ0n) is 18.1. The fourth-order valence-electron chi connectivity index (χ4n) is 3.70. The summed E-state index contributed by atoms with van der Waals surface area (Å²) in [5, 5.41) is 18.5. The monoisotopic (exact) mass is 435 g/mol. The van der Waals surface area contributed by atoms with Crippen molar-refractivity contribution in [3.05, 3.63) is 53.7 Å². The van der Waals surface area contributed by atoms with Crippen molar-refractivity contribution >= 4 is 28.5 Å². The van der Waals surface area contributed by atoms with Gasteiger partial charge >= 0.3 is 0 Å². The lowest BCUT2D eigenvalue weighted by Gasteiger charge is -2.25. The van der Waals surface area contributed by atoms with E-state index in [2.05, 4.69) is 35.6 Å². The standard InChI is InChI=1S/C22H26FN9/c1-31(2)7-8-32(13-15-9-16(23)10-19-17(15)12-25-28-19)22-24-6-5-20(27-22)26-21-11-18(29-30-21)14-3-4-14/h5-6,9-12,14H,3-4,7-8,13H2,1-2H3,(H,25,28)(H2,24,26,27,29,30). The minimum Gasteiger partial charge on any atom is -0.335 e. The molecule has 4 aromatic rings. The fourth-order valence-corrected chi connectivity index (χ4v) is 3.70. The highest BCUT2D eigenvalue weighted by atomic mass is 19.1. The van der Waals surface area contributed by atoms with E-state index in [9.17, 15) is 4.39 Å². The molecular weight excluding hydrogens is 409 g/mol. The molecule has 0 saturated heterocycles. The fraction of sp³-hybridized carbons (Fsp3) is 0.364. The first-order valence-corrected chi connectivity index (χ1v) is 10.7. The molecule has 0 radical (unpaired) electrons. The van der Waals surface area contributed by atoms with Crippen LogP contribution < -0.4 is 10.2 Å². The smallest absolute Gasteiger partial charge is 0.227 e. The molecule has 0 atom stereocenters. The van der Waals surface area contributed by atoms with Gasteiger partial charge in [-0.05, 0) is 50.7 Å². The van der Waals surface area contributed by atoms with Gasteiger partial charge in [0.2, 0.25) is 5.95 Å². The third-order valence-electron chi connectivity index (χ3n) is 5.58. The average molecular weight is 436 g/mol. The minimum absolute atomic E-state index is 0.300. The summed E-state index contributed by atoms with van der Waals surface area (Å²) in [7, 11) is 4.03. The van der Waals surface area contributed by atoms with Gasteiger partial charge in [0, 0.05) is 48.9 Å². The van der Waals surface area contributed by atoms with Crippen LogP contribution in [0.5, 0.6) is 0 Å². The van der Waals surface area contributed by atoms with E-state index in [1.165, 1.54) is 18.9 Å². The summed E-state index contributed by atoms with van der Waals surface area (Å²) in [6, 6.07) is 6.85. The first-order chi connectivity index (χ1) is 15.5. The number of H-pyrrole nitrogens is 2. The molecule has 10 heteroatoms. The molecule has 1 aromatic carbocycles. The van der Waals surface area contributed by atoms with Gasteiger partial charge in [-0.3, -0.25) is 10.2 Å². The first-order valence-electron chi connectivity index (χ1n) is 10.7. The summed E-state index contributed by atoms with van der Waals surface area (Å²) in [4.78, 5) is 13.4. The molecular formula is C22H26FN9. The molecule has 3 N–H and O–H groups in total. The van der Waals surface area contributed by atoms with E-state index in [0.717, 1.165) is 29.0 Å². The number of benzene rings is 1. The summed E-state index contributed by atoms with van der Waals surface area (Å²) in [5.41, 5.74) is 2.66. The number of fused-ring (bicyclic) bond motifs is 1. The van der Waals surface area contributed by atoms with Crippen LogP contribution in [0.4, 0.5) is 22.0 Å². The molecule has 166 valence electrons. The SMILES string of the molecule is CN(C)CCN(Cc1cc(F)cc2[nH]ncc12)c1nccc(Nc2cc(C3CC3)[nH]n2)n1. The highest BCUT2D eigenvalue weighted by Crippen LogP contribution is 2.39. The van der Waals surface area contributed by atoms with E-state index in [-0.39, 0.29) is 5.82 Å². The highest BCUT2D eigenvalue weighted by Gasteiger charge is 2.25. The van der Waals surface area contributed by atoms with E-state index >= 15 is 0 Å². The van der Waals surface area contributed by atoms with E-state index in [1.54, 1.807) is 18.5 Å². The largest absolute Gasteiger partial charge is 0.335 e. The van der Waals surface area contributed by atoms with Crippen molar-refractivity contribution in [3.8, 4) is 0 Å². The minimum atomic E-state index is -0.300. The summed E-state index contributed by atoms with van der Waals surface area (Å²) in [5.74, 6) is 2.26. The molecule has 0 bridgehead atoms. The summed E-state index contributed by atoms with van der Waals surface area (Å²) >= 11 is 0. The van der Waals surface area contributed by atoms with Gasteiger partial charge in [-0.1, -0.05) is 0 Å². The van der Waals surface area contributed by atoms with Crippen LogP contribution in [0.3, 0.4) is 0 Å². The molecule has 1 fully saturated rings. The van der Waals surface area contributed by atoms with E-state index in [1.807, 2.05) is 31.1 Å². The second-order valence-corrected chi connectivity index (χ2v) is 8.47. The van der Waals surface area contributed by atoms with E-state index in [0.29, 0.717) is 36.3 Å². The third kappa shape index (κ3) is 4.54. The second-order valence-electron chi connectivity index (χ2n) is 8.47. The molecule has 32 heavy (non-hydrogen) atoms. The number of likely N-dealkylation sites (N-methyl/N-ethyl adjacent to an activating group) is 1. The van der Waals surface area contributed by atoms with Crippen molar-refractivity contribution in [2.75, 3.05) is 37.4 Å². The molecule has 0 amide bonds. The Hall–Kier alpha value is -3.53. The molecule has 3 aromatic heterocycles. The van der Waals surface area contributed by atoms with Gasteiger partial charge in [-0.25, -0.2) is 9.37 Å². The summed E-state index contributed by atoms with van der Waals surface area (Å²) in [6.07, 6.45) is 5.87. The molecule has 5 rings (SSSR count). The Morgan fingerprint density at radius 1 is 1.12 bits per heavy atom. The second kappa shape index (κ2) is 8.54. The number of halogens is 1. The predicted octanol–water partition coefficient (Wildman–Crippen LogP) is 3.40. The molecule has 0 unspecified atom stereocenters. The molecule has 3 heterocycles. The van der Waals surface area contributed by atoms with Crippen molar-refractivity contribution < 1.29 is 4.39 Å². The van der Waals surface area contributed by atoms with Crippen molar-refractivity contribution in [2.24, 2.45) is 0 Å². The maximum absolute atomic E-state index is 14.2. The topological polar surface area (TPSA) is 102 Å². The van der Waals surface area contributed by atoms with Gasteiger partial charge in [0.05, 0.1) is 11.7 Å². The number of nitrogens with zero attached hydrogens (tertiary/aromatic N) is 6. The van der Waals surface area contributed by atoms with Gasteiger partial charge in [0.25, 0.3) is 0 Å². The zero-order valence-corrected chi connectivity index (χ0v) is 18.1. The van der Waals surface area contributed by atoms with Crippen molar-refractivity contribution in [1.82, 2.24) is 35.3 Å². The number of aromatic nitrogens is 6. The van der Waals surface area contributed by atoms with Crippen molar-refractivity contribution in [3.63, 3.8) is 0 Å². The van der Waals surface area contributed by atoms with Gasteiger partial charge < -0.3 is 15.1 Å². The van der Waals surface area contributed by atoms with Crippen LogP contribution in [-0.4, -0.2) is 62.4 Å². The van der Waals surface area contributed by atoms with Gasteiger partial charge in [0.1, 0.15) is 11.6 Å². The van der Waals surface area contributed by atoms with E-state index in [4.69, 9.17) is 4.98 Å². The Kier molecular flexibility index (Phi) is 5.44. The van der Waals surface area contributed by atoms with Crippen molar-refractivity contribution in [1.29, 1.82) is 0 Å². The lowest BCUT2D eigenvalue weighted by Crippen LogP contribution is -2.32. The quantitative estimate of drug-likeness (QED) is 0.370. The maximum Gasteiger partial charge on any atom is 0.227 e. The Labute approximate surface area is 185 Å². The Bertz CT molecular complexity index is 1210. The maximum atomic E-state index is 14.2. The number of anilines is 3. The normalized spacial score (nSPS) is 13.8. The molecule has 1 saturated carbocycles. The Balaban J connectivity index is 1.40. The predicted molar refractivity (Wildman–Crippen MR) is 122 cm³/mol. The zero-order chi connectivity index (χ0) is 22.1. The van der Waals surface area contributed by atoms with Crippen LogP contribution in [-0.2, 0) is 6.54 Å². The summed E-state index contributed by atoms with van der Waals surface area (Å²) < 4.78 is 14.2. The van der Waals surface area contributed by atoms with Gasteiger partial charge in [-0.15, -0.1) is 0 Å². The van der Waals surface area contributed by atoms with Gasteiger partial charge in [-0.2, -0.15) is 15.2 Å².